The molecule has 0 saturated carbocycles. The van der Waals surface area contributed by atoms with E-state index >= 15 is 0 Å². The molecule has 0 radical (unpaired) electrons. The van der Waals surface area contributed by atoms with Crippen LogP contribution in [-0.4, -0.2) is 0 Å². The van der Waals surface area contributed by atoms with Crippen molar-refractivity contribution in [1.29, 1.82) is 0 Å². The van der Waals surface area contributed by atoms with E-state index in [2.05, 4.69) is 0 Å². The summed E-state index contributed by atoms with van der Waals surface area (Å²) in [7, 11) is 0. The average molecular weight is 444 g/mol. The minimum Gasteiger partial charge on any atom is -1.00 e. The number of halogens is 6. The van der Waals surface area contributed by atoms with Crippen molar-refractivity contribution in [2.45, 2.75) is 0 Å². The minimum atomic E-state index is 0. The number of hydrogen-bond donors (Lipinski definition) is 0. The molecule has 8 heavy (non-hydrogen) atoms. The van der Waals surface area contributed by atoms with Crippen molar-refractivity contribution in [3.05, 3.63) is 0 Å². The zero-order chi connectivity index (χ0) is 0. The third-order valence-corrected chi connectivity index (χ3v) is 0. The van der Waals surface area contributed by atoms with E-state index in [1.807, 2.05) is 0 Å². The minimum absolute atomic E-state index is 0. The molecule has 54 valence electrons. The molecule has 0 nitrogen and oxygen atoms in total. The van der Waals surface area contributed by atoms with E-state index in [0.717, 1.165) is 0 Å². The number of rotatable bonds is 0. The van der Waals surface area contributed by atoms with Crippen LogP contribution in [0.15, 0.2) is 0 Å². The molecule has 0 aliphatic carbocycles. The van der Waals surface area contributed by atoms with E-state index in [1.54, 1.807) is 0 Å². The second kappa shape index (κ2) is 68.4. The number of hydrogen-bond acceptors (Lipinski definition) is 0. The smallest absolute Gasteiger partial charge is 1.00 e. The molecular formula is Cl6IrK-2. The molecular weight excluding hydrogens is 444 g/mol. The topological polar surface area (TPSA) is 0 Å². The first kappa shape index (κ1) is 90.2. The Bertz CT molecular complexity index is 8.49. The zero-order valence-electron chi connectivity index (χ0n) is 3.60. The predicted molar refractivity (Wildman–Crippen MR) is 0 cm³/mol. The van der Waals surface area contributed by atoms with E-state index in [4.69, 9.17) is 0 Å². The summed E-state index contributed by atoms with van der Waals surface area (Å²) >= 11 is 0. The van der Waals surface area contributed by atoms with Crippen LogP contribution in [0.4, 0.5) is 0 Å². The van der Waals surface area contributed by atoms with Gasteiger partial charge in [0, 0.05) is 0 Å². The van der Waals surface area contributed by atoms with Gasteiger partial charge in [-0.05, 0) is 0 Å². The molecule has 0 atom stereocenters. The average Bonchev–Trinajstić information content (AvgIpc) is 0. The van der Waals surface area contributed by atoms with Crippen molar-refractivity contribution in [3.63, 3.8) is 0 Å². The Kier molecular flexibility index (Phi) is 771. The fourth-order valence-electron chi connectivity index (χ4n) is 0. The van der Waals surface area contributed by atoms with Crippen LogP contribution in [0, 0.1) is 0 Å². The van der Waals surface area contributed by atoms with Gasteiger partial charge in [-0.15, -0.1) is 0 Å². The summed E-state index contributed by atoms with van der Waals surface area (Å²) in [5.41, 5.74) is 0. The van der Waals surface area contributed by atoms with Crippen molar-refractivity contribution < 1.29 is 146 Å². The van der Waals surface area contributed by atoms with E-state index < -0.39 is 0 Å². The standard InChI is InChI=1S/6ClH.Ir.K/h6*1H;;/q;;;;;;+3;+1/p-6. The van der Waals surface area contributed by atoms with Gasteiger partial charge in [-0.25, -0.2) is 0 Å². The zero-order valence-corrected chi connectivity index (χ0v) is 13.7. The molecule has 0 saturated heterocycles. The molecule has 8 heteroatoms. The van der Waals surface area contributed by atoms with Crippen LogP contribution in [0.25, 0.3) is 0 Å². The second-order valence-corrected chi connectivity index (χ2v) is 0. The Hall–Kier alpha value is 4.03. The van der Waals surface area contributed by atoms with Gasteiger partial charge in [-0.2, -0.15) is 0 Å². The maximum Gasteiger partial charge on any atom is 3.00 e. The van der Waals surface area contributed by atoms with E-state index in [1.165, 1.54) is 0 Å². The summed E-state index contributed by atoms with van der Waals surface area (Å²) in [6.45, 7) is 0. The molecule has 0 aliphatic heterocycles. The fraction of sp³-hybridized carbons (Fsp3) is 0. The SMILES string of the molecule is [Cl-].[Cl-].[Cl-].[Cl-].[Cl-].[Cl-].[Ir+3].[K+]. The quantitative estimate of drug-likeness (QED) is 0.326. The molecule has 0 aromatic heterocycles. The van der Waals surface area contributed by atoms with Crippen molar-refractivity contribution >= 4 is 0 Å². The third-order valence-electron chi connectivity index (χ3n) is 0. The van der Waals surface area contributed by atoms with Crippen molar-refractivity contribution in [1.82, 2.24) is 0 Å². The van der Waals surface area contributed by atoms with Crippen LogP contribution >= 0.6 is 0 Å². The molecule has 0 unspecified atom stereocenters. The maximum absolute atomic E-state index is 0. The molecule has 0 amide bonds. The summed E-state index contributed by atoms with van der Waals surface area (Å²) in [6, 6.07) is 0. The van der Waals surface area contributed by atoms with Crippen LogP contribution in [0.5, 0.6) is 0 Å². The van der Waals surface area contributed by atoms with Gasteiger partial charge in [-0.3, -0.25) is 0 Å². The first-order valence-corrected chi connectivity index (χ1v) is 0. The van der Waals surface area contributed by atoms with Crippen LogP contribution in [0.1, 0.15) is 0 Å². The molecule has 0 heterocycles. The molecule has 0 rings (SSSR count). The van der Waals surface area contributed by atoms with Gasteiger partial charge in [0.25, 0.3) is 0 Å². The Morgan fingerprint density at radius 2 is 0.375 bits per heavy atom. The fourth-order valence-corrected chi connectivity index (χ4v) is 0. The maximum atomic E-state index is 0. The van der Waals surface area contributed by atoms with Gasteiger partial charge >= 0.3 is 71.5 Å². The molecule has 0 aromatic rings. The first-order chi connectivity index (χ1) is 0. The van der Waals surface area contributed by atoms with Gasteiger partial charge in [0.15, 0.2) is 0 Å². The largest absolute Gasteiger partial charge is 3.00 e. The molecule has 0 fully saturated rings. The van der Waals surface area contributed by atoms with Crippen molar-refractivity contribution in [3.8, 4) is 0 Å². The molecule has 0 spiro atoms. The molecule has 0 aromatic carbocycles. The molecule has 0 N–H and O–H groups in total. The van der Waals surface area contributed by atoms with Crippen molar-refractivity contribution in [2.75, 3.05) is 0 Å². The second-order valence-electron chi connectivity index (χ2n) is 0. The summed E-state index contributed by atoms with van der Waals surface area (Å²) < 4.78 is 0. The normalized spacial score (nSPS) is 0. The third kappa shape index (κ3) is 50.4. The van der Waals surface area contributed by atoms with Gasteiger partial charge in [0.2, 0.25) is 0 Å². The van der Waals surface area contributed by atoms with Gasteiger partial charge < -0.3 is 74.4 Å². The Labute approximate surface area is 143 Å². The van der Waals surface area contributed by atoms with E-state index in [-0.39, 0.29) is 146 Å². The summed E-state index contributed by atoms with van der Waals surface area (Å²) in [5, 5.41) is 0. The summed E-state index contributed by atoms with van der Waals surface area (Å²) in [5.74, 6) is 0. The van der Waals surface area contributed by atoms with Gasteiger partial charge in [-0.1, -0.05) is 0 Å². The summed E-state index contributed by atoms with van der Waals surface area (Å²) in [4.78, 5) is 0. The Morgan fingerprint density at radius 1 is 0.375 bits per heavy atom. The van der Waals surface area contributed by atoms with Crippen LogP contribution in [0.3, 0.4) is 0 Å². The summed E-state index contributed by atoms with van der Waals surface area (Å²) in [6.07, 6.45) is 0. The molecule has 0 aliphatic rings. The predicted octanol–water partition coefficient (Wildman–Crippen LogP) is -21.0. The van der Waals surface area contributed by atoms with Crippen LogP contribution in [-0.2, 0) is 20.1 Å². The monoisotopic (exact) mass is 442 g/mol. The van der Waals surface area contributed by atoms with E-state index in [9.17, 15) is 0 Å². The Balaban J connectivity index is 0. The van der Waals surface area contributed by atoms with E-state index in [0.29, 0.717) is 0 Å². The Morgan fingerprint density at radius 3 is 0.375 bits per heavy atom. The molecule has 0 bridgehead atoms. The first-order valence-electron chi connectivity index (χ1n) is 0. The van der Waals surface area contributed by atoms with Crippen LogP contribution < -0.4 is 126 Å². The van der Waals surface area contributed by atoms with Gasteiger partial charge in [0.05, 0.1) is 0 Å². The van der Waals surface area contributed by atoms with Crippen molar-refractivity contribution in [2.24, 2.45) is 0 Å². The van der Waals surface area contributed by atoms with Crippen LogP contribution in [0.2, 0.25) is 0 Å². The van der Waals surface area contributed by atoms with Gasteiger partial charge in [0.1, 0.15) is 0 Å².